The number of ketones is 1. The number of hydrogen-bond acceptors (Lipinski definition) is 2. The van der Waals surface area contributed by atoms with Crippen LogP contribution in [0, 0.1) is 5.92 Å². The topological polar surface area (TPSA) is 29.4 Å². The molecule has 0 aliphatic heterocycles. The molecule has 0 bridgehead atoms. The highest BCUT2D eigenvalue weighted by atomic mass is 16.1. The van der Waals surface area contributed by atoms with E-state index < -0.39 is 0 Å². The van der Waals surface area contributed by atoms with E-state index in [0.29, 0.717) is 0 Å². The second-order valence-corrected chi connectivity index (χ2v) is 5.75. The molecule has 0 amide bonds. The van der Waals surface area contributed by atoms with Gasteiger partial charge in [0.05, 0.1) is 0 Å². The molecule has 2 heteroatoms. The second kappa shape index (κ2) is 22.1. The first-order valence-electron chi connectivity index (χ1n) is 11.0. The average molecular weight is 400 g/mol. The predicted molar refractivity (Wildman–Crippen MR) is 135 cm³/mol. The summed E-state index contributed by atoms with van der Waals surface area (Å²) >= 11 is 0. The normalized spacial score (nSPS) is 12.6. The largest absolute Gasteiger partial charge is 0.297 e. The fourth-order valence-corrected chi connectivity index (χ4v) is 2.04. The fraction of sp³-hybridized carbons (Fsp3) is 0.481. The van der Waals surface area contributed by atoms with E-state index in [4.69, 9.17) is 0 Å². The van der Waals surface area contributed by atoms with Crippen molar-refractivity contribution in [2.75, 3.05) is 7.05 Å². The lowest BCUT2D eigenvalue weighted by atomic mass is 10.0. The van der Waals surface area contributed by atoms with Gasteiger partial charge in [0.1, 0.15) is 0 Å². The van der Waals surface area contributed by atoms with E-state index in [1.807, 2.05) is 98.0 Å². The number of carbonyl (C=O) groups is 1. The molecule has 0 unspecified atom stereocenters. The summed E-state index contributed by atoms with van der Waals surface area (Å²) in [7, 11) is 1.87. The van der Waals surface area contributed by atoms with E-state index in [1.54, 1.807) is 13.0 Å². The van der Waals surface area contributed by atoms with Gasteiger partial charge in [-0.1, -0.05) is 90.6 Å². The van der Waals surface area contributed by atoms with Crippen LogP contribution in [-0.2, 0) is 0 Å². The summed E-state index contributed by atoms with van der Waals surface area (Å²) in [6.45, 7) is 21.3. The minimum atomic E-state index is 0.0938. The van der Waals surface area contributed by atoms with Gasteiger partial charge in [-0.25, -0.2) is 0 Å². The molecule has 29 heavy (non-hydrogen) atoms. The molecule has 2 nitrogen and oxygen atoms in total. The van der Waals surface area contributed by atoms with Crippen LogP contribution in [0.3, 0.4) is 0 Å². The highest BCUT2D eigenvalue weighted by Gasteiger charge is 2.23. The lowest BCUT2D eigenvalue weighted by Crippen LogP contribution is -1.92. The number of allylic oxidation sites excluding steroid dienone is 5. The van der Waals surface area contributed by atoms with Crippen molar-refractivity contribution in [3.63, 3.8) is 0 Å². The summed E-state index contributed by atoms with van der Waals surface area (Å²) in [5.74, 6) is 0.960. The Kier molecular flexibility index (Phi) is 24.0. The van der Waals surface area contributed by atoms with Crippen molar-refractivity contribution in [1.29, 1.82) is 0 Å². The second-order valence-electron chi connectivity index (χ2n) is 5.75. The molecular weight excluding hydrogens is 354 g/mol. The molecule has 0 aromatic heterocycles. The van der Waals surface area contributed by atoms with Crippen LogP contribution in [0.15, 0.2) is 60.1 Å². The van der Waals surface area contributed by atoms with E-state index >= 15 is 0 Å². The molecule has 0 radical (unpaired) electrons. The van der Waals surface area contributed by atoms with Gasteiger partial charge >= 0.3 is 0 Å². The Labute approximate surface area is 181 Å². The summed E-state index contributed by atoms with van der Waals surface area (Å²) in [6.07, 6.45) is 10.3. The Morgan fingerprint density at radius 3 is 1.86 bits per heavy atom. The lowest BCUT2D eigenvalue weighted by molar-refractivity contribution is 0.101. The molecule has 164 valence electrons. The van der Waals surface area contributed by atoms with Crippen LogP contribution in [0.1, 0.15) is 91.1 Å². The minimum absolute atomic E-state index is 0.0938. The molecule has 0 spiro atoms. The molecular formula is C27H45NO. The van der Waals surface area contributed by atoms with E-state index in [0.717, 1.165) is 22.6 Å². The van der Waals surface area contributed by atoms with Crippen molar-refractivity contribution >= 4 is 17.1 Å². The van der Waals surface area contributed by atoms with Gasteiger partial charge in [-0.2, -0.15) is 0 Å². The number of nitrogens with zero attached hydrogens (tertiary/aromatic N) is 1. The Balaban J connectivity index is -0.000000432. The number of hydrogen-bond donors (Lipinski definition) is 0. The van der Waals surface area contributed by atoms with Gasteiger partial charge in [0.25, 0.3) is 0 Å². The number of aliphatic imine (C=N–C) groups is 1. The van der Waals surface area contributed by atoms with Crippen LogP contribution in [-0.4, -0.2) is 18.5 Å². The Morgan fingerprint density at radius 1 is 0.966 bits per heavy atom. The van der Waals surface area contributed by atoms with Crippen molar-refractivity contribution in [2.24, 2.45) is 10.9 Å². The van der Waals surface area contributed by atoms with Crippen LogP contribution in [0.5, 0.6) is 0 Å². The molecule has 0 atom stereocenters. The van der Waals surface area contributed by atoms with E-state index in [-0.39, 0.29) is 5.78 Å². The molecule has 1 aromatic carbocycles. The number of Topliss-reactive ketones (excluding diaryl/α,β-unsaturated/α-hetero) is 1. The van der Waals surface area contributed by atoms with Crippen molar-refractivity contribution in [2.45, 2.75) is 75.2 Å². The molecule has 0 N–H and O–H groups in total. The third-order valence-electron chi connectivity index (χ3n) is 3.84. The van der Waals surface area contributed by atoms with Crippen molar-refractivity contribution < 1.29 is 4.79 Å². The Hall–Kier alpha value is -2.22. The average Bonchev–Trinajstić information content (AvgIpc) is 3.63. The Morgan fingerprint density at radius 2 is 1.48 bits per heavy atom. The first kappa shape index (κ1) is 31.5. The third-order valence-corrected chi connectivity index (χ3v) is 3.84. The van der Waals surface area contributed by atoms with E-state index in [1.165, 1.54) is 18.6 Å². The zero-order valence-electron chi connectivity index (χ0n) is 20.7. The van der Waals surface area contributed by atoms with Gasteiger partial charge in [0, 0.05) is 18.3 Å². The maximum absolute atomic E-state index is 11.2. The maximum Gasteiger partial charge on any atom is 0.159 e. The van der Waals surface area contributed by atoms with Gasteiger partial charge in [-0.05, 0) is 56.7 Å². The van der Waals surface area contributed by atoms with E-state index in [9.17, 15) is 4.79 Å². The summed E-state index contributed by atoms with van der Waals surface area (Å²) in [4.78, 5) is 15.3. The quantitative estimate of drug-likeness (QED) is 0.277. The lowest BCUT2D eigenvalue weighted by Gasteiger charge is -2.02. The number of benzene rings is 1. The van der Waals surface area contributed by atoms with Crippen molar-refractivity contribution in [3.8, 4) is 0 Å². The summed E-state index contributed by atoms with van der Waals surface area (Å²) in [5, 5.41) is 0. The zero-order valence-corrected chi connectivity index (χ0v) is 20.7. The molecule has 0 heterocycles. The molecule has 1 aliphatic rings. The summed E-state index contributed by atoms with van der Waals surface area (Å²) < 4.78 is 0. The van der Waals surface area contributed by atoms with Crippen LogP contribution in [0.4, 0.5) is 0 Å². The molecule has 1 aromatic rings. The highest BCUT2D eigenvalue weighted by molar-refractivity contribution is 5.94. The molecule has 1 aliphatic carbocycles. The standard InChI is InChI=1S/C15H16O.C6H11N.3C2H6/c1-4-5-6-8-12(2)14-9-7-10-15(11-14)13(3)16;1-5(7-2)6-3-4-6;3*1-2/h4-11H,1H2,2-3H3;6H,3-4H2,1-2H3;3*1-2H3/b6-5-,12-8+;;;;. The zero-order chi connectivity index (χ0) is 23.2. The molecule has 0 saturated heterocycles. The van der Waals surface area contributed by atoms with Crippen LogP contribution >= 0.6 is 0 Å². The summed E-state index contributed by atoms with van der Waals surface area (Å²) in [5.41, 5.74) is 4.28. The number of carbonyl (C=O) groups excluding carboxylic acids is 1. The smallest absolute Gasteiger partial charge is 0.159 e. The van der Waals surface area contributed by atoms with Crippen LogP contribution in [0.25, 0.3) is 5.57 Å². The minimum Gasteiger partial charge on any atom is -0.297 e. The molecule has 1 saturated carbocycles. The predicted octanol–water partition coefficient (Wildman–Crippen LogP) is 8.60. The Bertz CT molecular complexity index is 632. The van der Waals surface area contributed by atoms with Crippen molar-refractivity contribution in [3.05, 3.63) is 66.3 Å². The monoisotopic (exact) mass is 399 g/mol. The van der Waals surface area contributed by atoms with Crippen LogP contribution < -0.4 is 0 Å². The van der Waals surface area contributed by atoms with E-state index in [2.05, 4.69) is 18.5 Å². The number of rotatable bonds is 5. The summed E-state index contributed by atoms with van der Waals surface area (Å²) in [6, 6.07) is 7.65. The SMILES string of the molecule is C=C/C=C\C=C(/C)c1cccc(C(C)=O)c1.CC.CC.CC.CN=C(C)C1CC1. The van der Waals surface area contributed by atoms with Gasteiger partial charge in [-0.3, -0.25) is 9.79 Å². The van der Waals surface area contributed by atoms with Gasteiger partial charge < -0.3 is 0 Å². The first-order valence-corrected chi connectivity index (χ1v) is 11.0. The molecule has 1 fully saturated rings. The van der Waals surface area contributed by atoms with Gasteiger partial charge in [0.15, 0.2) is 5.78 Å². The maximum atomic E-state index is 11.2. The van der Waals surface area contributed by atoms with Crippen LogP contribution in [0.2, 0.25) is 0 Å². The van der Waals surface area contributed by atoms with Crippen molar-refractivity contribution in [1.82, 2.24) is 0 Å². The fourth-order valence-electron chi connectivity index (χ4n) is 2.04. The highest BCUT2D eigenvalue weighted by Crippen LogP contribution is 2.30. The van der Waals surface area contributed by atoms with Gasteiger partial charge in [0.2, 0.25) is 0 Å². The first-order chi connectivity index (χ1) is 14.0. The molecule has 2 rings (SSSR count). The van der Waals surface area contributed by atoms with Gasteiger partial charge in [-0.15, -0.1) is 0 Å². The third kappa shape index (κ3) is 16.4.